The molecule has 72 valence electrons. The molecule has 0 saturated carbocycles. The van der Waals surface area contributed by atoms with Gasteiger partial charge < -0.3 is 4.74 Å². The second-order valence-electron chi connectivity index (χ2n) is 2.97. The van der Waals surface area contributed by atoms with Gasteiger partial charge in [0.25, 0.3) is 0 Å². The van der Waals surface area contributed by atoms with Gasteiger partial charge in [0.05, 0.1) is 7.11 Å². The minimum absolute atomic E-state index is 0.713. The van der Waals surface area contributed by atoms with Crippen LogP contribution in [0, 0.1) is 6.92 Å². The van der Waals surface area contributed by atoms with Crippen LogP contribution in [-0.4, -0.2) is 22.3 Å². The smallest absolute Gasteiger partial charge is 0.181 e. The van der Waals surface area contributed by atoms with E-state index in [0.717, 1.165) is 17.1 Å². The molecule has 1 N–H and O–H groups in total. The molecule has 0 atom stereocenters. The van der Waals surface area contributed by atoms with Crippen molar-refractivity contribution in [2.45, 2.75) is 6.92 Å². The van der Waals surface area contributed by atoms with Crippen LogP contribution in [0.1, 0.15) is 5.82 Å². The molecule has 2 aromatic rings. The third-order valence-electron chi connectivity index (χ3n) is 1.95. The van der Waals surface area contributed by atoms with Gasteiger partial charge in [-0.15, -0.1) is 0 Å². The Balaban J connectivity index is 2.33. The molecule has 0 aliphatic heterocycles. The Morgan fingerprint density at radius 3 is 2.43 bits per heavy atom. The summed E-state index contributed by atoms with van der Waals surface area (Å²) in [7, 11) is 1.64. The van der Waals surface area contributed by atoms with Gasteiger partial charge in [-0.25, -0.2) is 4.98 Å². The summed E-state index contributed by atoms with van der Waals surface area (Å²) in [6, 6.07) is 7.64. The predicted octanol–water partition coefficient (Wildman–Crippen LogP) is 1.79. The van der Waals surface area contributed by atoms with E-state index >= 15 is 0 Å². The number of rotatable bonds is 2. The number of nitrogens with zero attached hydrogens (tertiary/aromatic N) is 2. The first-order valence-corrected chi connectivity index (χ1v) is 4.33. The lowest BCUT2D eigenvalue weighted by Crippen LogP contribution is -1.84. The SMILES string of the molecule is COc1ccc(-c2n[nH]c(C)n2)cc1. The normalized spacial score (nSPS) is 10.1. The highest BCUT2D eigenvalue weighted by Gasteiger charge is 2.02. The Morgan fingerprint density at radius 1 is 1.21 bits per heavy atom. The van der Waals surface area contributed by atoms with Gasteiger partial charge in [0.2, 0.25) is 0 Å². The topological polar surface area (TPSA) is 50.8 Å². The zero-order valence-electron chi connectivity index (χ0n) is 8.11. The van der Waals surface area contributed by atoms with E-state index in [0.29, 0.717) is 5.82 Å². The lowest BCUT2D eigenvalue weighted by atomic mass is 10.2. The van der Waals surface area contributed by atoms with Crippen molar-refractivity contribution in [1.82, 2.24) is 15.2 Å². The van der Waals surface area contributed by atoms with E-state index in [4.69, 9.17) is 4.74 Å². The van der Waals surface area contributed by atoms with Gasteiger partial charge in [-0.05, 0) is 31.2 Å². The van der Waals surface area contributed by atoms with Crippen molar-refractivity contribution in [3.05, 3.63) is 30.1 Å². The number of ether oxygens (including phenoxy) is 1. The maximum atomic E-state index is 5.06. The average Bonchev–Trinajstić information content (AvgIpc) is 2.65. The van der Waals surface area contributed by atoms with Crippen molar-refractivity contribution in [1.29, 1.82) is 0 Å². The third-order valence-corrected chi connectivity index (χ3v) is 1.95. The minimum atomic E-state index is 0.713. The molecule has 1 aromatic heterocycles. The lowest BCUT2D eigenvalue weighted by Gasteiger charge is -1.99. The number of aromatic nitrogens is 3. The predicted molar refractivity (Wildman–Crippen MR) is 53.1 cm³/mol. The molecular formula is C10H11N3O. The summed E-state index contributed by atoms with van der Waals surface area (Å²) in [5.74, 6) is 2.36. The molecule has 4 heteroatoms. The van der Waals surface area contributed by atoms with Crippen molar-refractivity contribution < 1.29 is 4.74 Å². The molecule has 4 nitrogen and oxygen atoms in total. The molecule has 0 radical (unpaired) electrons. The third kappa shape index (κ3) is 1.59. The summed E-state index contributed by atoms with van der Waals surface area (Å²) in [5, 5.41) is 6.87. The molecule has 0 unspecified atom stereocenters. The summed E-state index contributed by atoms with van der Waals surface area (Å²) in [6.45, 7) is 1.88. The summed E-state index contributed by atoms with van der Waals surface area (Å²) >= 11 is 0. The van der Waals surface area contributed by atoms with Crippen LogP contribution in [0.15, 0.2) is 24.3 Å². The molecule has 0 aliphatic carbocycles. The largest absolute Gasteiger partial charge is 0.497 e. The Hall–Kier alpha value is -1.84. The second kappa shape index (κ2) is 3.49. The van der Waals surface area contributed by atoms with E-state index in [1.54, 1.807) is 7.11 Å². The molecule has 0 fully saturated rings. The summed E-state index contributed by atoms with van der Waals surface area (Å²) in [6.07, 6.45) is 0. The highest BCUT2D eigenvalue weighted by atomic mass is 16.5. The fourth-order valence-electron chi connectivity index (χ4n) is 1.21. The Morgan fingerprint density at radius 2 is 1.93 bits per heavy atom. The number of H-pyrrole nitrogens is 1. The van der Waals surface area contributed by atoms with Crippen LogP contribution in [0.2, 0.25) is 0 Å². The Kier molecular flexibility index (Phi) is 2.18. The number of hydrogen-bond acceptors (Lipinski definition) is 3. The highest BCUT2D eigenvalue weighted by molar-refractivity contribution is 5.55. The first kappa shape index (κ1) is 8.74. The molecule has 14 heavy (non-hydrogen) atoms. The molecule has 0 amide bonds. The molecule has 1 aromatic carbocycles. The number of hydrogen-bond donors (Lipinski definition) is 1. The fourth-order valence-corrected chi connectivity index (χ4v) is 1.21. The molecule has 0 bridgehead atoms. The van der Waals surface area contributed by atoms with Crippen molar-refractivity contribution in [2.24, 2.45) is 0 Å². The van der Waals surface area contributed by atoms with Gasteiger partial charge >= 0.3 is 0 Å². The van der Waals surface area contributed by atoms with E-state index < -0.39 is 0 Å². The van der Waals surface area contributed by atoms with Crippen LogP contribution in [0.5, 0.6) is 5.75 Å². The summed E-state index contributed by atoms with van der Waals surface area (Å²) < 4.78 is 5.06. The van der Waals surface area contributed by atoms with Crippen LogP contribution in [0.25, 0.3) is 11.4 Å². The zero-order chi connectivity index (χ0) is 9.97. The van der Waals surface area contributed by atoms with Crippen LogP contribution < -0.4 is 4.74 Å². The maximum absolute atomic E-state index is 5.06. The van der Waals surface area contributed by atoms with E-state index in [1.807, 2.05) is 31.2 Å². The van der Waals surface area contributed by atoms with Gasteiger partial charge in [0.15, 0.2) is 5.82 Å². The monoisotopic (exact) mass is 189 g/mol. The average molecular weight is 189 g/mol. The maximum Gasteiger partial charge on any atom is 0.181 e. The zero-order valence-corrected chi connectivity index (χ0v) is 8.11. The van der Waals surface area contributed by atoms with Crippen LogP contribution >= 0.6 is 0 Å². The first-order chi connectivity index (χ1) is 6.79. The summed E-state index contributed by atoms with van der Waals surface area (Å²) in [5.41, 5.74) is 0.982. The van der Waals surface area contributed by atoms with Crippen molar-refractivity contribution >= 4 is 0 Å². The number of nitrogens with one attached hydrogen (secondary N) is 1. The van der Waals surface area contributed by atoms with Gasteiger partial charge in [0, 0.05) is 5.56 Å². The van der Waals surface area contributed by atoms with E-state index in [2.05, 4.69) is 15.2 Å². The van der Waals surface area contributed by atoms with E-state index in [9.17, 15) is 0 Å². The van der Waals surface area contributed by atoms with Crippen molar-refractivity contribution in [3.63, 3.8) is 0 Å². The van der Waals surface area contributed by atoms with Gasteiger partial charge in [-0.2, -0.15) is 5.10 Å². The van der Waals surface area contributed by atoms with E-state index in [1.165, 1.54) is 0 Å². The highest BCUT2D eigenvalue weighted by Crippen LogP contribution is 2.18. The standard InChI is InChI=1S/C10H11N3O/c1-7-11-10(13-12-7)8-3-5-9(14-2)6-4-8/h3-6H,1-2H3,(H,11,12,13). The molecule has 0 aliphatic rings. The van der Waals surface area contributed by atoms with Crippen LogP contribution in [-0.2, 0) is 0 Å². The second-order valence-corrected chi connectivity index (χ2v) is 2.97. The first-order valence-electron chi connectivity index (χ1n) is 4.33. The van der Waals surface area contributed by atoms with Crippen LogP contribution in [0.3, 0.4) is 0 Å². The quantitative estimate of drug-likeness (QED) is 0.783. The number of aryl methyl sites for hydroxylation is 1. The molecule has 1 heterocycles. The molecule has 0 spiro atoms. The summed E-state index contributed by atoms with van der Waals surface area (Å²) in [4.78, 5) is 4.23. The molecular weight excluding hydrogens is 178 g/mol. The Labute approximate surface area is 81.9 Å². The molecule has 2 rings (SSSR count). The minimum Gasteiger partial charge on any atom is -0.497 e. The van der Waals surface area contributed by atoms with Crippen molar-refractivity contribution in [2.75, 3.05) is 7.11 Å². The number of aromatic amines is 1. The van der Waals surface area contributed by atoms with Gasteiger partial charge in [0.1, 0.15) is 11.6 Å². The van der Waals surface area contributed by atoms with Gasteiger partial charge in [-0.3, -0.25) is 5.10 Å². The lowest BCUT2D eigenvalue weighted by molar-refractivity contribution is 0.415. The van der Waals surface area contributed by atoms with E-state index in [-0.39, 0.29) is 0 Å². The number of benzene rings is 1. The van der Waals surface area contributed by atoms with Crippen molar-refractivity contribution in [3.8, 4) is 17.1 Å². The Bertz CT molecular complexity index is 419. The van der Waals surface area contributed by atoms with Gasteiger partial charge in [-0.1, -0.05) is 0 Å². The van der Waals surface area contributed by atoms with Crippen LogP contribution in [0.4, 0.5) is 0 Å². The number of methoxy groups -OCH3 is 1. The molecule has 0 saturated heterocycles. The fraction of sp³-hybridized carbons (Fsp3) is 0.200.